The molecule has 0 aliphatic carbocycles. The van der Waals surface area contributed by atoms with Gasteiger partial charge in [-0.2, -0.15) is 0 Å². The third-order valence-electron chi connectivity index (χ3n) is 3.43. The van der Waals surface area contributed by atoms with E-state index >= 15 is 0 Å². The molecule has 1 aromatic carbocycles. The molecule has 0 saturated carbocycles. The molecule has 1 heterocycles. The predicted molar refractivity (Wildman–Crippen MR) is 92.7 cm³/mol. The van der Waals surface area contributed by atoms with Crippen LogP contribution in [0.1, 0.15) is 26.3 Å². The summed E-state index contributed by atoms with van der Waals surface area (Å²) >= 11 is 0. The third kappa shape index (κ3) is 5.48. The first-order valence-electron chi connectivity index (χ1n) is 7.76. The maximum Gasteiger partial charge on any atom is 0.251 e. The van der Waals surface area contributed by atoms with Crippen LogP contribution in [0.2, 0.25) is 0 Å². The minimum Gasteiger partial charge on any atom is -0.351 e. The molecule has 2 rings (SSSR count). The Balaban J connectivity index is 1.93. The highest BCUT2D eigenvalue weighted by Gasteiger charge is 2.10. The highest BCUT2D eigenvalue weighted by molar-refractivity contribution is 5.99. The molecule has 0 radical (unpaired) electrons. The van der Waals surface area contributed by atoms with Gasteiger partial charge in [0.15, 0.2) is 0 Å². The number of likely N-dealkylation sites (N-methyl/N-ethyl adjacent to an activating group) is 1. The molecule has 0 aliphatic rings. The molecule has 6 nitrogen and oxygen atoms in total. The number of nitrogens with zero attached hydrogens (tertiary/aromatic N) is 2. The maximum absolute atomic E-state index is 12.2. The van der Waals surface area contributed by atoms with Gasteiger partial charge < -0.3 is 15.5 Å². The number of rotatable bonds is 7. The van der Waals surface area contributed by atoms with Crippen molar-refractivity contribution >= 4 is 11.8 Å². The smallest absolute Gasteiger partial charge is 0.251 e. The molecule has 2 amide bonds. The van der Waals surface area contributed by atoms with Crippen LogP contribution in [0.25, 0.3) is 0 Å². The van der Waals surface area contributed by atoms with E-state index in [4.69, 9.17) is 0 Å². The van der Waals surface area contributed by atoms with Gasteiger partial charge in [0.1, 0.15) is 0 Å². The SMILES string of the molecule is CN(C)CCNC(=O)c1cccc(C(=O)NCc2ccncc2)c1. The van der Waals surface area contributed by atoms with Gasteiger partial charge in [-0.3, -0.25) is 14.6 Å². The minimum atomic E-state index is -0.213. The van der Waals surface area contributed by atoms with Gasteiger partial charge in [-0.25, -0.2) is 0 Å². The van der Waals surface area contributed by atoms with Crippen molar-refractivity contribution in [3.8, 4) is 0 Å². The number of amides is 2. The summed E-state index contributed by atoms with van der Waals surface area (Å²) in [6.07, 6.45) is 3.36. The van der Waals surface area contributed by atoms with Crippen molar-refractivity contribution in [1.29, 1.82) is 0 Å². The van der Waals surface area contributed by atoms with E-state index in [0.717, 1.165) is 12.1 Å². The highest BCUT2D eigenvalue weighted by Crippen LogP contribution is 2.06. The average molecular weight is 326 g/mol. The number of hydrogen-bond acceptors (Lipinski definition) is 4. The Labute approximate surface area is 141 Å². The average Bonchev–Trinajstić information content (AvgIpc) is 2.60. The van der Waals surface area contributed by atoms with E-state index in [1.807, 2.05) is 31.1 Å². The zero-order chi connectivity index (χ0) is 17.4. The molecule has 6 heteroatoms. The Morgan fingerprint density at radius 2 is 1.62 bits per heavy atom. The van der Waals surface area contributed by atoms with Gasteiger partial charge in [0, 0.05) is 43.2 Å². The summed E-state index contributed by atoms with van der Waals surface area (Å²) in [6.45, 7) is 1.74. The lowest BCUT2D eigenvalue weighted by Crippen LogP contribution is -2.31. The molecule has 1 aromatic heterocycles. The van der Waals surface area contributed by atoms with E-state index in [2.05, 4.69) is 15.6 Å². The summed E-state index contributed by atoms with van der Waals surface area (Å²) in [5, 5.41) is 5.67. The number of nitrogens with one attached hydrogen (secondary N) is 2. The van der Waals surface area contributed by atoms with Gasteiger partial charge in [-0.15, -0.1) is 0 Å². The number of benzene rings is 1. The first kappa shape index (κ1) is 17.6. The van der Waals surface area contributed by atoms with Gasteiger partial charge in [-0.1, -0.05) is 6.07 Å². The highest BCUT2D eigenvalue weighted by atomic mass is 16.2. The van der Waals surface area contributed by atoms with E-state index in [9.17, 15) is 9.59 Å². The summed E-state index contributed by atoms with van der Waals surface area (Å²) in [7, 11) is 3.89. The van der Waals surface area contributed by atoms with E-state index in [0.29, 0.717) is 24.2 Å². The topological polar surface area (TPSA) is 74.3 Å². The molecule has 0 spiro atoms. The molecule has 2 N–H and O–H groups in total. The van der Waals surface area contributed by atoms with Crippen molar-refractivity contribution in [3.63, 3.8) is 0 Å². The van der Waals surface area contributed by atoms with Gasteiger partial charge in [0.2, 0.25) is 0 Å². The molecule has 0 saturated heterocycles. The molecule has 0 unspecified atom stereocenters. The fourth-order valence-corrected chi connectivity index (χ4v) is 2.08. The van der Waals surface area contributed by atoms with E-state index in [1.165, 1.54) is 0 Å². The monoisotopic (exact) mass is 326 g/mol. The Bertz CT molecular complexity index is 686. The quantitative estimate of drug-likeness (QED) is 0.804. The number of aromatic nitrogens is 1. The fourth-order valence-electron chi connectivity index (χ4n) is 2.08. The van der Waals surface area contributed by atoms with Crippen LogP contribution in [-0.4, -0.2) is 48.9 Å². The summed E-state index contributed by atoms with van der Waals surface area (Å²) < 4.78 is 0. The van der Waals surface area contributed by atoms with Crippen molar-refractivity contribution < 1.29 is 9.59 Å². The Kier molecular flexibility index (Phi) is 6.45. The summed E-state index contributed by atoms with van der Waals surface area (Å²) in [5.74, 6) is -0.393. The molecule has 0 fully saturated rings. The lowest BCUT2D eigenvalue weighted by molar-refractivity contribution is 0.0950. The van der Waals surface area contributed by atoms with Crippen molar-refractivity contribution in [1.82, 2.24) is 20.5 Å². The Morgan fingerprint density at radius 3 is 2.25 bits per heavy atom. The first-order valence-corrected chi connectivity index (χ1v) is 7.76. The van der Waals surface area contributed by atoms with E-state index in [-0.39, 0.29) is 11.8 Å². The van der Waals surface area contributed by atoms with Crippen molar-refractivity contribution in [3.05, 3.63) is 65.5 Å². The lowest BCUT2D eigenvalue weighted by atomic mass is 10.1. The van der Waals surface area contributed by atoms with E-state index in [1.54, 1.807) is 36.7 Å². The van der Waals surface area contributed by atoms with Gasteiger partial charge in [0.25, 0.3) is 11.8 Å². The van der Waals surface area contributed by atoms with Crippen molar-refractivity contribution in [2.75, 3.05) is 27.2 Å². The molecule has 0 aliphatic heterocycles. The van der Waals surface area contributed by atoms with Crippen molar-refractivity contribution in [2.24, 2.45) is 0 Å². The molecular weight excluding hydrogens is 304 g/mol. The Hall–Kier alpha value is -2.73. The van der Waals surface area contributed by atoms with Crippen LogP contribution in [0.3, 0.4) is 0 Å². The molecule has 24 heavy (non-hydrogen) atoms. The first-order chi connectivity index (χ1) is 11.6. The summed E-state index contributed by atoms with van der Waals surface area (Å²) in [4.78, 5) is 30.3. The van der Waals surface area contributed by atoms with Crippen LogP contribution in [0.5, 0.6) is 0 Å². The number of hydrogen-bond donors (Lipinski definition) is 2. The summed E-state index contributed by atoms with van der Waals surface area (Å²) in [5.41, 5.74) is 1.91. The molecule has 2 aromatic rings. The number of pyridine rings is 1. The maximum atomic E-state index is 12.2. The second kappa shape index (κ2) is 8.79. The van der Waals surface area contributed by atoms with E-state index < -0.39 is 0 Å². The predicted octanol–water partition coefficient (Wildman–Crippen LogP) is 1.30. The zero-order valence-corrected chi connectivity index (χ0v) is 14.0. The molecule has 0 atom stereocenters. The number of carbonyl (C=O) groups is 2. The van der Waals surface area contributed by atoms with Gasteiger partial charge in [0.05, 0.1) is 0 Å². The zero-order valence-electron chi connectivity index (χ0n) is 14.0. The second-order valence-corrected chi connectivity index (χ2v) is 5.68. The van der Waals surface area contributed by atoms with Crippen molar-refractivity contribution in [2.45, 2.75) is 6.54 Å². The molecule has 0 bridgehead atoms. The van der Waals surface area contributed by atoms with Crippen LogP contribution >= 0.6 is 0 Å². The van der Waals surface area contributed by atoms with Gasteiger partial charge >= 0.3 is 0 Å². The molecular formula is C18H22N4O2. The summed E-state index contributed by atoms with van der Waals surface area (Å²) in [6, 6.07) is 10.4. The van der Waals surface area contributed by atoms with Gasteiger partial charge in [-0.05, 0) is 50.0 Å². The van der Waals surface area contributed by atoms with Crippen LogP contribution in [0.4, 0.5) is 0 Å². The molecule has 126 valence electrons. The fraction of sp³-hybridized carbons (Fsp3) is 0.278. The van der Waals surface area contributed by atoms with Crippen LogP contribution in [0, 0.1) is 0 Å². The second-order valence-electron chi connectivity index (χ2n) is 5.68. The van der Waals surface area contributed by atoms with Crippen LogP contribution in [-0.2, 0) is 6.54 Å². The number of carbonyl (C=O) groups excluding carboxylic acids is 2. The Morgan fingerprint density at radius 1 is 1.00 bits per heavy atom. The lowest BCUT2D eigenvalue weighted by Gasteiger charge is -2.11. The third-order valence-corrected chi connectivity index (χ3v) is 3.43. The normalized spacial score (nSPS) is 10.5. The van der Waals surface area contributed by atoms with Crippen LogP contribution < -0.4 is 10.6 Å². The largest absolute Gasteiger partial charge is 0.351 e. The standard InChI is InChI=1S/C18H22N4O2/c1-22(2)11-10-20-17(23)15-4-3-5-16(12-15)18(24)21-13-14-6-8-19-9-7-14/h3-9,12H,10-11,13H2,1-2H3,(H,20,23)(H,21,24). The minimum absolute atomic E-state index is 0.180. The van der Waals surface area contributed by atoms with Crippen LogP contribution in [0.15, 0.2) is 48.8 Å².